The van der Waals surface area contributed by atoms with Crippen molar-refractivity contribution in [2.24, 2.45) is 0 Å². The summed E-state index contributed by atoms with van der Waals surface area (Å²) in [5.41, 5.74) is 1.34. The number of amides is 1. The van der Waals surface area contributed by atoms with E-state index in [1.165, 1.54) is 23.5 Å². The van der Waals surface area contributed by atoms with Crippen LogP contribution in [0.1, 0.15) is 40.6 Å². The molecule has 0 atom stereocenters. The predicted octanol–water partition coefficient (Wildman–Crippen LogP) is 3.07. The van der Waals surface area contributed by atoms with E-state index in [-0.39, 0.29) is 18.1 Å². The normalized spacial score (nSPS) is 12.6. The molecule has 1 aromatic carbocycles. The Labute approximate surface area is 177 Å². The Hall–Kier alpha value is -3.07. The highest BCUT2D eigenvalue weighted by molar-refractivity contribution is 7.17. The van der Waals surface area contributed by atoms with Crippen molar-refractivity contribution < 1.29 is 33.7 Å². The van der Waals surface area contributed by atoms with Crippen LogP contribution in [0.25, 0.3) is 0 Å². The molecule has 0 saturated carbocycles. The number of hydrogen-bond donors (Lipinski definition) is 2. The Morgan fingerprint density at radius 1 is 1.10 bits per heavy atom. The van der Waals surface area contributed by atoms with Gasteiger partial charge in [-0.25, -0.2) is 9.59 Å². The summed E-state index contributed by atoms with van der Waals surface area (Å²) in [6, 6.07) is 6.20. The molecule has 1 amide bonds. The Morgan fingerprint density at radius 3 is 2.63 bits per heavy atom. The largest absolute Gasteiger partial charge is 0.504 e. The van der Waals surface area contributed by atoms with Crippen LogP contribution in [-0.4, -0.2) is 42.8 Å². The van der Waals surface area contributed by atoms with Gasteiger partial charge in [0.1, 0.15) is 5.00 Å². The molecule has 0 fully saturated rings. The van der Waals surface area contributed by atoms with E-state index in [0.717, 1.165) is 36.1 Å². The second-order valence-electron chi connectivity index (χ2n) is 6.60. The number of fused-ring (bicyclic) bond motifs is 1. The molecule has 0 bridgehead atoms. The lowest BCUT2D eigenvalue weighted by atomic mass is 9.95. The minimum Gasteiger partial charge on any atom is -0.504 e. The molecule has 9 heteroatoms. The minimum atomic E-state index is -0.760. The number of hydrogen-bond acceptors (Lipinski definition) is 8. The Morgan fingerprint density at radius 2 is 1.87 bits per heavy atom. The third-order valence-corrected chi connectivity index (χ3v) is 5.69. The zero-order valence-corrected chi connectivity index (χ0v) is 17.4. The van der Waals surface area contributed by atoms with Gasteiger partial charge >= 0.3 is 11.9 Å². The summed E-state index contributed by atoms with van der Waals surface area (Å²) in [6.07, 6.45) is 3.66. The van der Waals surface area contributed by atoms with Gasteiger partial charge in [0.25, 0.3) is 5.91 Å². The van der Waals surface area contributed by atoms with Gasteiger partial charge in [0.05, 0.1) is 12.2 Å². The van der Waals surface area contributed by atoms with Gasteiger partial charge in [0.15, 0.2) is 24.7 Å². The number of anilines is 1. The molecular formula is C21H23NO7S. The van der Waals surface area contributed by atoms with Crippen molar-refractivity contribution in [3.05, 3.63) is 40.3 Å². The number of rotatable bonds is 8. The Balaban J connectivity index is 1.57. The van der Waals surface area contributed by atoms with E-state index in [4.69, 9.17) is 14.2 Å². The Bertz CT molecular complexity index is 937. The maximum Gasteiger partial charge on any atom is 0.344 e. The van der Waals surface area contributed by atoms with Gasteiger partial charge in [-0.3, -0.25) is 4.79 Å². The first-order chi connectivity index (χ1) is 14.5. The van der Waals surface area contributed by atoms with Crippen LogP contribution in [0.5, 0.6) is 11.5 Å². The van der Waals surface area contributed by atoms with E-state index in [0.29, 0.717) is 10.6 Å². The lowest BCUT2D eigenvalue weighted by molar-refractivity contribution is -0.149. The first-order valence-corrected chi connectivity index (χ1v) is 10.5. The second kappa shape index (κ2) is 10.1. The molecule has 0 radical (unpaired) electrons. The number of ether oxygens (including phenoxy) is 3. The SMILES string of the molecule is CCOC(=O)c1c(NC(=O)COC(=O)COc2ccccc2O)sc2c1CCCC2. The molecule has 8 nitrogen and oxygen atoms in total. The minimum absolute atomic E-state index is 0.101. The smallest absolute Gasteiger partial charge is 0.344 e. The zero-order chi connectivity index (χ0) is 21.5. The molecule has 1 aromatic heterocycles. The van der Waals surface area contributed by atoms with Gasteiger partial charge < -0.3 is 24.6 Å². The van der Waals surface area contributed by atoms with Crippen molar-refractivity contribution in [2.75, 3.05) is 25.1 Å². The fourth-order valence-corrected chi connectivity index (χ4v) is 4.43. The number of carbonyl (C=O) groups is 3. The van der Waals surface area contributed by atoms with Crippen molar-refractivity contribution in [2.45, 2.75) is 32.6 Å². The van der Waals surface area contributed by atoms with Gasteiger partial charge in [0, 0.05) is 4.88 Å². The molecule has 1 aliphatic carbocycles. The number of phenols is 1. The monoisotopic (exact) mass is 433 g/mol. The fraction of sp³-hybridized carbons (Fsp3) is 0.381. The highest BCUT2D eigenvalue weighted by Crippen LogP contribution is 2.38. The van der Waals surface area contributed by atoms with Gasteiger partial charge in [0.2, 0.25) is 0 Å². The van der Waals surface area contributed by atoms with Crippen LogP contribution in [0, 0.1) is 0 Å². The van der Waals surface area contributed by atoms with Crippen LogP contribution >= 0.6 is 11.3 Å². The molecular weight excluding hydrogens is 410 g/mol. The summed E-state index contributed by atoms with van der Waals surface area (Å²) in [6.45, 7) is 0.997. The van der Waals surface area contributed by atoms with Crippen LogP contribution in [0.3, 0.4) is 0 Å². The number of nitrogens with one attached hydrogen (secondary N) is 1. The molecule has 0 spiro atoms. The third kappa shape index (κ3) is 5.29. The number of aryl methyl sites for hydroxylation is 1. The van der Waals surface area contributed by atoms with Gasteiger partial charge in [-0.1, -0.05) is 12.1 Å². The third-order valence-electron chi connectivity index (χ3n) is 4.48. The van der Waals surface area contributed by atoms with Crippen LogP contribution in [-0.2, 0) is 31.9 Å². The predicted molar refractivity (Wildman–Crippen MR) is 110 cm³/mol. The van der Waals surface area contributed by atoms with Crippen molar-refractivity contribution in [3.63, 3.8) is 0 Å². The number of phenolic OH excluding ortho intramolecular Hbond substituents is 1. The number of para-hydroxylation sites is 2. The summed E-state index contributed by atoms with van der Waals surface area (Å²) in [7, 11) is 0. The van der Waals surface area contributed by atoms with Crippen molar-refractivity contribution in [3.8, 4) is 11.5 Å². The number of esters is 2. The van der Waals surface area contributed by atoms with E-state index in [1.807, 2.05) is 0 Å². The lowest BCUT2D eigenvalue weighted by Crippen LogP contribution is -2.24. The van der Waals surface area contributed by atoms with Crippen LogP contribution < -0.4 is 10.1 Å². The molecule has 160 valence electrons. The van der Waals surface area contributed by atoms with Gasteiger partial charge in [-0.2, -0.15) is 0 Å². The molecule has 0 unspecified atom stereocenters. The van der Waals surface area contributed by atoms with E-state index < -0.39 is 31.1 Å². The average molecular weight is 433 g/mol. The highest BCUT2D eigenvalue weighted by Gasteiger charge is 2.27. The van der Waals surface area contributed by atoms with Gasteiger partial charge in [-0.15, -0.1) is 11.3 Å². The number of carbonyl (C=O) groups excluding carboxylic acids is 3. The second-order valence-corrected chi connectivity index (χ2v) is 7.71. The van der Waals surface area contributed by atoms with E-state index in [1.54, 1.807) is 19.1 Å². The first-order valence-electron chi connectivity index (χ1n) is 9.67. The van der Waals surface area contributed by atoms with Crippen molar-refractivity contribution in [1.82, 2.24) is 0 Å². The standard InChI is InChI=1S/C21H23NO7S/c1-2-27-21(26)19-13-7-3-6-10-16(13)30-20(19)22-17(24)11-29-18(25)12-28-15-9-5-4-8-14(15)23/h4-5,8-9,23H,2-3,6-7,10-12H2,1H3,(H,22,24). The van der Waals surface area contributed by atoms with E-state index in [9.17, 15) is 19.5 Å². The summed E-state index contributed by atoms with van der Waals surface area (Å²) in [5.74, 6) is -1.74. The summed E-state index contributed by atoms with van der Waals surface area (Å²) >= 11 is 1.36. The molecule has 1 aliphatic rings. The quantitative estimate of drug-likeness (QED) is 0.616. The summed E-state index contributed by atoms with van der Waals surface area (Å²) < 4.78 is 15.2. The first kappa shape index (κ1) is 21.6. The highest BCUT2D eigenvalue weighted by atomic mass is 32.1. The van der Waals surface area contributed by atoms with Crippen molar-refractivity contribution >= 4 is 34.2 Å². The van der Waals surface area contributed by atoms with Crippen molar-refractivity contribution in [1.29, 1.82) is 0 Å². The maximum absolute atomic E-state index is 12.4. The maximum atomic E-state index is 12.4. The van der Waals surface area contributed by atoms with Crippen LogP contribution in [0.15, 0.2) is 24.3 Å². The topological polar surface area (TPSA) is 111 Å². The molecule has 1 heterocycles. The fourth-order valence-electron chi connectivity index (χ4n) is 3.14. The molecule has 0 saturated heterocycles. The van der Waals surface area contributed by atoms with E-state index >= 15 is 0 Å². The molecule has 2 aromatic rings. The summed E-state index contributed by atoms with van der Waals surface area (Å²) in [5, 5.41) is 12.7. The summed E-state index contributed by atoms with van der Waals surface area (Å²) in [4.78, 5) is 37.6. The number of aromatic hydroxyl groups is 1. The zero-order valence-electron chi connectivity index (χ0n) is 16.6. The lowest BCUT2D eigenvalue weighted by Gasteiger charge is -2.12. The van der Waals surface area contributed by atoms with Gasteiger partial charge in [-0.05, 0) is 50.3 Å². The Kier molecular flexibility index (Phi) is 7.29. The molecule has 30 heavy (non-hydrogen) atoms. The average Bonchev–Trinajstić information content (AvgIpc) is 3.09. The number of benzene rings is 1. The molecule has 3 rings (SSSR count). The van der Waals surface area contributed by atoms with Crippen LogP contribution in [0.4, 0.5) is 5.00 Å². The number of thiophene rings is 1. The van der Waals surface area contributed by atoms with E-state index in [2.05, 4.69) is 5.32 Å². The van der Waals surface area contributed by atoms with Crippen LogP contribution in [0.2, 0.25) is 0 Å². The molecule has 0 aliphatic heterocycles. The molecule has 2 N–H and O–H groups in total.